The molecule has 0 aliphatic heterocycles. The zero-order valence-electron chi connectivity index (χ0n) is 11.0. The Hall–Kier alpha value is -1.95. The molecule has 2 aromatic rings. The minimum atomic E-state index is -1.10. The van der Waals surface area contributed by atoms with Crippen molar-refractivity contribution >= 4 is 21.9 Å². The van der Waals surface area contributed by atoms with E-state index in [2.05, 4.69) is 25.9 Å². The topological polar surface area (TPSA) is 83.0 Å². The molecule has 2 rings (SSSR count). The predicted octanol–water partition coefficient (Wildman–Crippen LogP) is 3.02. The highest BCUT2D eigenvalue weighted by molar-refractivity contribution is 9.10. The SMILES string of the molecule is CC(C)c1[nH]c(=O)nc(-c2cccc(Br)c2)c1C(=O)O. The number of nitrogens with zero attached hydrogens (tertiary/aromatic N) is 1. The number of hydrogen-bond acceptors (Lipinski definition) is 3. The second kappa shape index (κ2) is 5.58. The summed E-state index contributed by atoms with van der Waals surface area (Å²) in [4.78, 5) is 29.6. The van der Waals surface area contributed by atoms with Crippen LogP contribution < -0.4 is 5.69 Å². The number of aromatic carboxylic acids is 1. The van der Waals surface area contributed by atoms with E-state index in [1.165, 1.54) is 0 Å². The van der Waals surface area contributed by atoms with Crippen molar-refractivity contribution in [3.8, 4) is 11.3 Å². The number of carboxylic acids is 1. The first-order chi connectivity index (χ1) is 9.40. The minimum absolute atomic E-state index is 0.0395. The molecule has 0 aliphatic rings. The molecular weight excluding hydrogens is 324 g/mol. The fourth-order valence-electron chi connectivity index (χ4n) is 1.98. The Labute approximate surface area is 123 Å². The van der Waals surface area contributed by atoms with E-state index in [1.807, 2.05) is 19.9 Å². The van der Waals surface area contributed by atoms with Gasteiger partial charge in [-0.15, -0.1) is 0 Å². The fraction of sp³-hybridized carbons (Fsp3) is 0.214. The average molecular weight is 337 g/mol. The molecule has 0 unspecified atom stereocenters. The van der Waals surface area contributed by atoms with Crippen LogP contribution in [0.5, 0.6) is 0 Å². The van der Waals surface area contributed by atoms with E-state index < -0.39 is 11.7 Å². The van der Waals surface area contributed by atoms with Gasteiger partial charge in [-0.2, -0.15) is 4.98 Å². The summed E-state index contributed by atoms with van der Waals surface area (Å²) in [5, 5.41) is 9.44. The molecule has 0 spiro atoms. The van der Waals surface area contributed by atoms with Gasteiger partial charge in [0.05, 0.1) is 5.69 Å². The van der Waals surface area contributed by atoms with E-state index in [0.717, 1.165) is 4.47 Å². The maximum Gasteiger partial charge on any atom is 0.345 e. The lowest BCUT2D eigenvalue weighted by atomic mass is 9.99. The van der Waals surface area contributed by atoms with Crippen molar-refractivity contribution in [1.29, 1.82) is 0 Å². The predicted molar refractivity (Wildman–Crippen MR) is 79.0 cm³/mol. The third-order valence-electron chi connectivity index (χ3n) is 2.85. The van der Waals surface area contributed by atoms with Crippen molar-refractivity contribution in [1.82, 2.24) is 9.97 Å². The molecular formula is C14H13BrN2O3. The largest absolute Gasteiger partial charge is 0.478 e. The van der Waals surface area contributed by atoms with Gasteiger partial charge >= 0.3 is 11.7 Å². The van der Waals surface area contributed by atoms with Gasteiger partial charge in [0, 0.05) is 15.7 Å². The van der Waals surface area contributed by atoms with Gasteiger partial charge in [0.1, 0.15) is 5.56 Å². The lowest BCUT2D eigenvalue weighted by Crippen LogP contribution is -2.20. The number of hydrogen-bond donors (Lipinski definition) is 2. The van der Waals surface area contributed by atoms with Crippen molar-refractivity contribution in [2.45, 2.75) is 19.8 Å². The molecule has 20 heavy (non-hydrogen) atoms. The molecule has 104 valence electrons. The summed E-state index contributed by atoms with van der Waals surface area (Å²) in [7, 11) is 0. The van der Waals surface area contributed by atoms with Gasteiger partial charge in [-0.25, -0.2) is 9.59 Å². The number of H-pyrrole nitrogens is 1. The maximum absolute atomic E-state index is 11.7. The molecule has 0 aliphatic carbocycles. The standard InChI is InChI=1S/C14H13BrN2O3/c1-7(2)11-10(13(18)19)12(17-14(20)16-11)8-4-3-5-9(15)6-8/h3-7H,1-2H3,(H,18,19)(H,16,17,20). The van der Waals surface area contributed by atoms with Crippen molar-refractivity contribution < 1.29 is 9.90 Å². The molecule has 1 aromatic heterocycles. The van der Waals surface area contributed by atoms with Gasteiger partial charge in [-0.3, -0.25) is 0 Å². The Bertz CT molecular complexity index is 723. The molecule has 0 radical (unpaired) electrons. The highest BCUT2D eigenvalue weighted by Gasteiger charge is 2.21. The number of carboxylic acid groups (broad SMARTS) is 1. The molecule has 0 saturated carbocycles. The zero-order chi connectivity index (χ0) is 14.9. The Morgan fingerprint density at radius 1 is 1.40 bits per heavy atom. The Morgan fingerprint density at radius 2 is 2.10 bits per heavy atom. The molecule has 0 bridgehead atoms. The number of halogens is 1. The third kappa shape index (κ3) is 2.80. The summed E-state index contributed by atoms with van der Waals surface area (Å²) in [5.41, 5.74) is 0.648. The average Bonchev–Trinajstić information content (AvgIpc) is 2.37. The molecule has 0 saturated heterocycles. The highest BCUT2D eigenvalue weighted by atomic mass is 79.9. The van der Waals surface area contributed by atoms with Gasteiger partial charge in [0.25, 0.3) is 0 Å². The second-order valence-corrected chi connectivity index (χ2v) is 5.57. The monoisotopic (exact) mass is 336 g/mol. The van der Waals surface area contributed by atoms with Crippen LogP contribution in [-0.2, 0) is 0 Å². The molecule has 0 amide bonds. The Kier molecular flexibility index (Phi) is 4.04. The molecule has 1 aromatic carbocycles. The van der Waals surface area contributed by atoms with E-state index in [1.54, 1.807) is 18.2 Å². The lowest BCUT2D eigenvalue weighted by molar-refractivity contribution is 0.0695. The summed E-state index contributed by atoms with van der Waals surface area (Å²) >= 11 is 3.33. The van der Waals surface area contributed by atoms with Crippen molar-refractivity contribution in [2.75, 3.05) is 0 Å². The van der Waals surface area contributed by atoms with Gasteiger partial charge in [0.2, 0.25) is 0 Å². The maximum atomic E-state index is 11.7. The van der Waals surface area contributed by atoms with Crippen LogP contribution in [0.2, 0.25) is 0 Å². The number of aromatic nitrogens is 2. The summed E-state index contributed by atoms with van der Waals surface area (Å²) in [6.45, 7) is 3.64. The molecule has 6 heteroatoms. The van der Waals surface area contributed by atoms with Crippen LogP contribution >= 0.6 is 15.9 Å². The van der Waals surface area contributed by atoms with Gasteiger partial charge in [0.15, 0.2) is 0 Å². The van der Waals surface area contributed by atoms with E-state index in [0.29, 0.717) is 11.3 Å². The van der Waals surface area contributed by atoms with Crippen molar-refractivity contribution in [3.05, 3.63) is 50.5 Å². The van der Waals surface area contributed by atoms with Crippen molar-refractivity contribution in [2.24, 2.45) is 0 Å². The smallest absolute Gasteiger partial charge is 0.345 e. The van der Waals surface area contributed by atoms with Gasteiger partial charge in [-0.1, -0.05) is 41.9 Å². The van der Waals surface area contributed by atoms with Crippen LogP contribution in [0.15, 0.2) is 33.5 Å². The number of benzene rings is 1. The van der Waals surface area contributed by atoms with Gasteiger partial charge in [-0.05, 0) is 18.1 Å². The second-order valence-electron chi connectivity index (χ2n) is 4.65. The van der Waals surface area contributed by atoms with E-state index in [-0.39, 0.29) is 17.2 Å². The first kappa shape index (κ1) is 14.5. The number of nitrogens with one attached hydrogen (secondary N) is 1. The molecule has 5 nitrogen and oxygen atoms in total. The summed E-state index contributed by atoms with van der Waals surface area (Å²) in [6, 6.07) is 7.05. The Balaban J connectivity index is 2.81. The number of rotatable bonds is 3. The van der Waals surface area contributed by atoms with Crippen LogP contribution in [-0.4, -0.2) is 21.0 Å². The van der Waals surface area contributed by atoms with Crippen LogP contribution in [0.4, 0.5) is 0 Å². The van der Waals surface area contributed by atoms with Crippen molar-refractivity contribution in [3.63, 3.8) is 0 Å². The van der Waals surface area contributed by atoms with E-state index in [4.69, 9.17) is 0 Å². The zero-order valence-corrected chi connectivity index (χ0v) is 12.6. The van der Waals surface area contributed by atoms with Crippen LogP contribution in [0.3, 0.4) is 0 Å². The molecule has 0 fully saturated rings. The fourth-order valence-corrected chi connectivity index (χ4v) is 2.38. The van der Waals surface area contributed by atoms with Gasteiger partial charge < -0.3 is 10.1 Å². The summed E-state index contributed by atoms with van der Waals surface area (Å²) < 4.78 is 0.791. The summed E-state index contributed by atoms with van der Waals surface area (Å²) in [6.07, 6.45) is 0. The van der Waals surface area contributed by atoms with E-state index in [9.17, 15) is 14.7 Å². The van der Waals surface area contributed by atoms with Crippen LogP contribution in [0.25, 0.3) is 11.3 Å². The number of aromatic amines is 1. The third-order valence-corrected chi connectivity index (χ3v) is 3.34. The first-order valence-electron chi connectivity index (χ1n) is 6.03. The molecule has 2 N–H and O–H groups in total. The lowest BCUT2D eigenvalue weighted by Gasteiger charge is -2.13. The van der Waals surface area contributed by atoms with Crippen LogP contribution in [0.1, 0.15) is 35.8 Å². The quantitative estimate of drug-likeness (QED) is 0.902. The molecule has 0 atom stereocenters. The molecule has 1 heterocycles. The van der Waals surface area contributed by atoms with Crippen LogP contribution in [0, 0.1) is 0 Å². The highest BCUT2D eigenvalue weighted by Crippen LogP contribution is 2.27. The normalized spacial score (nSPS) is 10.8. The minimum Gasteiger partial charge on any atom is -0.478 e. The Morgan fingerprint density at radius 3 is 2.65 bits per heavy atom. The number of carbonyl (C=O) groups is 1. The summed E-state index contributed by atoms with van der Waals surface area (Å²) in [5.74, 6) is -1.23. The first-order valence-corrected chi connectivity index (χ1v) is 6.83. The van der Waals surface area contributed by atoms with E-state index >= 15 is 0 Å².